The fourth-order valence-corrected chi connectivity index (χ4v) is 1.60. The van der Waals surface area contributed by atoms with Gasteiger partial charge in [0.15, 0.2) is 5.69 Å². The van der Waals surface area contributed by atoms with Gasteiger partial charge >= 0.3 is 5.97 Å². The van der Waals surface area contributed by atoms with Gasteiger partial charge in [-0.2, -0.15) is 0 Å². The Hall–Kier alpha value is -2.02. The van der Waals surface area contributed by atoms with E-state index in [9.17, 15) is 9.18 Å². The molecule has 1 N–H and O–H groups in total. The number of aromatic carboxylic acids is 1. The highest BCUT2D eigenvalue weighted by Crippen LogP contribution is 2.28. The number of halogens is 2. The zero-order valence-corrected chi connectivity index (χ0v) is 10.4. The Labute approximate surface area is 109 Å². The van der Waals surface area contributed by atoms with Crippen LogP contribution in [0.3, 0.4) is 0 Å². The molecule has 0 saturated heterocycles. The van der Waals surface area contributed by atoms with E-state index in [0.29, 0.717) is 10.2 Å². The maximum Gasteiger partial charge on any atom is 0.356 e. The number of carbonyl (C=O) groups is 1. The molecule has 0 bridgehead atoms. The van der Waals surface area contributed by atoms with Crippen molar-refractivity contribution in [2.24, 2.45) is 0 Å². The molecule has 1 heterocycles. The number of hydrogen-bond donors (Lipinski definition) is 1. The van der Waals surface area contributed by atoms with Crippen LogP contribution >= 0.6 is 15.9 Å². The van der Waals surface area contributed by atoms with E-state index in [1.165, 1.54) is 24.4 Å². The van der Waals surface area contributed by atoms with Crippen molar-refractivity contribution in [3.05, 3.63) is 46.6 Å². The summed E-state index contributed by atoms with van der Waals surface area (Å²) in [5, 5.41) is 8.75. The van der Waals surface area contributed by atoms with E-state index in [4.69, 9.17) is 9.84 Å². The van der Waals surface area contributed by atoms with Crippen molar-refractivity contribution in [1.29, 1.82) is 0 Å². The number of benzene rings is 1. The Morgan fingerprint density at radius 1 is 1.39 bits per heavy atom. The molecule has 2 rings (SSSR count). The maximum absolute atomic E-state index is 12.9. The number of carboxylic acid groups (broad SMARTS) is 1. The fourth-order valence-electron chi connectivity index (χ4n) is 1.17. The molecule has 92 valence electrons. The lowest BCUT2D eigenvalue weighted by atomic mass is 10.3. The first-order valence-corrected chi connectivity index (χ1v) is 5.54. The van der Waals surface area contributed by atoms with Crippen LogP contribution in [0.1, 0.15) is 10.5 Å². The van der Waals surface area contributed by atoms with Crippen LogP contribution in [0.5, 0.6) is 11.6 Å². The summed E-state index contributed by atoms with van der Waals surface area (Å²) >= 11 is 3.12. The van der Waals surface area contributed by atoms with Gasteiger partial charge in [0.1, 0.15) is 11.6 Å². The molecule has 1 aromatic carbocycles. The zero-order valence-electron chi connectivity index (χ0n) is 8.80. The molecule has 0 aliphatic rings. The highest BCUT2D eigenvalue weighted by molar-refractivity contribution is 9.10. The average Bonchev–Trinajstić information content (AvgIpc) is 2.33. The highest BCUT2D eigenvalue weighted by Gasteiger charge is 2.09. The third-order valence-corrected chi connectivity index (χ3v) is 2.56. The van der Waals surface area contributed by atoms with Crippen LogP contribution in [-0.2, 0) is 0 Å². The number of ether oxygens (including phenoxy) is 1. The molecule has 0 aliphatic heterocycles. The molecule has 0 spiro atoms. The third kappa shape index (κ3) is 2.80. The highest BCUT2D eigenvalue weighted by atomic mass is 79.9. The predicted molar refractivity (Wildman–Crippen MR) is 63.2 cm³/mol. The molecule has 0 saturated carbocycles. The first-order valence-electron chi connectivity index (χ1n) is 4.74. The molecule has 1 aromatic heterocycles. The normalized spacial score (nSPS) is 10.1. The van der Waals surface area contributed by atoms with Crippen molar-refractivity contribution in [2.75, 3.05) is 0 Å². The molecule has 5 nitrogen and oxygen atoms in total. The molecule has 0 aliphatic carbocycles. The average molecular weight is 313 g/mol. The summed E-state index contributed by atoms with van der Waals surface area (Å²) in [6, 6.07) is 3.84. The van der Waals surface area contributed by atoms with Gasteiger partial charge in [0.05, 0.1) is 16.9 Å². The van der Waals surface area contributed by atoms with E-state index in [-0.39, 0.29) is 11.6 Å². The van der Waals surface area contributed by atoms with Gasteiger partial charge in [-0.05, 0) is 34.1 Å². The molecule has 0 unspecified atom stereocenters. The third-order valence-electron chi connectivity index (χ3n) is 1.94. The molecule has 0 fully saturated rings. The zero-order chi connectivity index (χ0) is 13.1. The summed E-state index contributed by atoms with van der Waals surface area (Å²) in [6.07, 6.45) is 2.37. The topological polar surface area (TPSA) is 72.3 Å². The van der Waals surface area contributed by atoms with Gasteiger partial charge < -0.3 is 9.84 Å². The minimum absolute atomic E-state index is 0.0159. The Balaban J connectivity index is 2.28. The van der Waals surface area contributed by atoms with Gasteiger partial charge in [-0.15, -0.1) is 0 Å². The Morgan fingerprint density at radius 2 is 2.17 bits per heavy atom. The second-order valence-electron chi connectivity index (χ2n) is 3.22. The SMILES string of the molecule is O=C(O)c1cncc(Oc2ccc(F)cc2Br)n1. The summed E-state index contributed by atoms with van der Waals surface area (Å²) in [5.74, 6) is -1.29. The minimum atomic E-state index is -1.20. The molecule has 2 aromatic rings. The van der Waals surface area contributed by atoms with Gasteiger partial charge in [-0.25, -0.2) is 14.2 Å². The molecule has 0 amide bonds. The van der Waals surface area contributed by atoms with Gasteiger partial charge in [0.25, 0.3) is 0 Å². The number of aromatic nitrogens is 2. The van der Waals surface area contributed by atoms with Crippen molar-refractivity contribution in [1.82, 2.24) is 9.97 Å². The van der Waals surface area contributed by atoms with E-state index in [0.717, 1.165) is 6.20 Å². The summed E-state index contributed by atoms with van der Waals surface area (Å²) in [6.45, 7) is 0. The number of nitrogens with zero attached hydrogens (tertiary/aromatic N) is 2. The van der Waals surface area contributed by atoms with Crippen LogP contribution < -0.4 is 4.74 Å². The van der Waals surface area contributed by atoms with Gasteiger partial charge in [-0.3, -0.25) is 4.98 Å². The Kier molecular flexibility index (Phi) is 3.52. The van der Waals surface area contributed by atoms with Crippen molar-refractivity contribution >= 4 is 21.9 Å². The molecular formula is C11H6BrFN2O3. The lowest BCUT2D eigenvalue weighted by molar-refractivity contribution is 0.0689. The lowest BCUT2D eigenvalue weighted by Crippen LogP contribution is -2.02. The Morgan fingerprint density at radius 3 is 2.83 bits per heavy atom. The van der Waals surface area contributed by atoms with Gasteiger partial charge in [0, 0.05) is 0 Å². The second kappa shape index (κ2) is 5.09. The van der Waals surface area contributed by atoms with E-state index < -0.39 is 11.8 Å². The summed E-state index contributed by atoms with van der Waals surface area (Å²) in [7, 11) is 0. The first-order chi connectivity index (χ1) is 8.56. The monoisotopic (exact) mass is 312 g/mol. The molecule has 0 atom stereocenters. The van der Waals surface area contributed by atoms with Crippen LogP contribution in [0.15, 0.2) is 35.1 Å². The van der Waals surface area contributed by atoms with Crippen molar-refractivity contribution in [3.8, 4) is 11.6 Å². The fraction of sp³-hybridized carbons (Fsp3) is 0. The molecule has 0 radical (unpaired) electrons. The largest absolute Gasteiger partial charge is 0.476 e. The number of carboxylic acids is 1. The quantitative estimate of drug-likeness (QED) is 0.943. The van der Waals surface area contributed by atoms with Gasteiger partial charge in [-0.1, -0.05) is 0 Å². The predicted octanol–water partition coefficient (Wildman–Crippen LogP) is 2.87. The standard InChI is InChI=1S/C11H6BrFN2O3/c12-7-3-6(13)1-2-9(7)18-10-5-14-4-8(15-10)11(16)17/h1-5H,(H,16,17). The Bertz CT molecular complexity index is 607. The van der Waals surface area contributed by atoms with Crippen molar-refractivity contribution < 1.29 is 19.0 Å². The molecular weight excluding hydrogens is 307 g/mol. The minimum Gasteiger partial charge on any atom is -0.476 e. The van der Waals surface area contributed by atoms with Crippen LogP contribution in [0, 0.1) is 5.82 Å². The molecule has 7 heteroatoms. The summed E-state index contributed by atoms with van der Waals surface area (Å²) in [5.41, 5.74) is -0.231. The number of hydrogen-bond acceptors (Lipinski definition) is 4. The van der Waals surface area contributed by atoms with Crippen LogP contribution in [0.2, 0.25) is 0 Å². The van der Waals surface area contributed by atoms with Crippen molar-refractivity contribution in [2.45, 2.75) is 0 Å². The van der Waals surface area contributed by atoms with Crippen molar-refractivity contribution in [3.63, 3.8) is 0 Å². The van der Waals surface area contributed by atoms with E-state index in [1.807, 2.05) is 0 Å². The summed E-state index contributed by atoms with van der Waals surface area (Å²) in [4.78, 5) is 18.1. The lowest BCUT2D eigenvalue weighted by Gasteiger charge is -2.06. The molecule has 18 heavy (non-hydrogen) atoms. The van der Waals surface area contributed by atoms with E-state index >= 15 is 0 Å². The summed E-state index contributed by atoms with van der Waals surface area (Å²) < 4.78 is 18.6. The first kappa shape index (κ1) is 12.4. The number of rotatable bonds is 3. The smallest absolute Gasteiger partial charge is 0.356 e. The van der Waals surface area contributed by atoms with Crippen LogP contribution in [0.25, 0.3) is 0 Å². The second-order valence-corrected chi connectivity index (χ2v) is 4.08. The van der Waals surface area contributed by atoms with Crippen LogP contribution in [-0.4, -0.2) is 21.0 Å². The van der Waals surface area contributed by atoms with E-state index in [1.54, 1.807) is 0 Å². The van der Waals surface area contributed by atoms with Crippen LogP contribution in [0.4, 0.5) is 4.39 Å². The van der Waals surface area contributed by atoms with E-state index in [2.05, 4.69) is 25.9 Å². The van der Waals surface area contributed by atoms with Gasteiger partial charge in [0.2, 0.25) is 5.88 Å². The maximum atomic E-state index is 12.9.